The monoisotopic (exact) mass is 642 g/mol. The van der Waals surface area contributed by atoms with E-state index in [9.17, 15) is 35.1 Å². The zero-order valence-corrected chi connectivity index (χ0v) is 24.7. The van der Waals surface area contributed by atoms with Crippen molar-refractivity contribution in [2.75, 3.05) is 13.2 Å². The van der Waals surface area contributed by atoms with Gasteiger partial charge in [0.2, 0.25) is 0 Å². The lowest BCUT2D eigenvalue weighted by Gasteiger charge is -2.38. The van der Waals surface area contributed by atoms with E-state index < -0.39 is 69.7 Å². The summed E-state index contributed by atoms with van der Waals surface area (Å²) in [6.45, 7) is 2.83. The SMILES string of the molecule is CCCCCC1CCC(C2COC(c3cc(F)c(C(F)(F)Oc4ccc(-c5cc(F)c(F)c(F)c5)c(F)c4)c(F)c3)OC2)CC1. The predicted octanol–water partition coefficient (Wildman–Crippen LogP) is 10.4. The number of halogens is 8. The minimum Gasteiger partial charge on any atom is -0.429 e. The second-order valence-corrected chi connectivity index (χ2v) is 11.9. The molecule has 0 aromatic heterocycles. The second-order valence-electron chi connectivity index (χ2n) is 11.9. The maximum atomic E-state index is 15.0. The quantitative estimate of drug-likeness (QED) is 0.125. The summed E-state index contributed by atoms with van der Waals surface area (Å²) in [5.41, 5.74) is -2.67. The molecule has 11 heteroatoms. The van der Waals surface area contributed by atoms with Crippen molar-refractivity contribution in [1.82, 2.24) is 0 Å². The summed E-state index contributed by atoms with van der Waals surface area (Å²) in [6, 6.07) is 4.54. The molecule has 0 atom stereocenters. The summed E-state index contributed by atoms with van der Waals surface area (Å²) < 4.78 is 131. The first kappa shape index (κ1) is 33.2. The average Bonchev–Trinajstić information content (AvgIpc) is 2.99. The molecule has 0 unspecified atom stereocenters. The zero-order valence-electron chi connectivity index (χ0n) is 24.7. The molecule has 3 aromatic carbocycles. The van der Waals surface area contributed by atoms with Crippen LogP contribution in [-0.2, 0) is 15.6 Å². The van der Waals surface area contributed by atoms with Crippen LogP contribution in [0.4, 0.5) is 35.1 Å². The van der Waals surface area contributed by atoms with E-state index in [-0.39, 0.29) is 11.5 Å². The molecule has 0 amide bonds. The second kappa shape index (κ2) is 14.1. The molecule has 45 heavy (non-hydrogen) atoms. The van der Waals surface area contributed by atoms with Gasteiger partial charge < -0.3 is 14.2 Å². The van der Waals surface area contributed by atoms with Gasteiger partial charge in [0.25, 0.3) is 0 Å². The molecule has 1 saturated carbocycles. The lowest BCUT2D eigenvalue weighted by molar-refractivity contribution is -0.215. The average molecular weight is 643 g/mol. The van der Waals surface area contributed by atoms with Crippen LogP contribution in [0, 0.1) is 52.7 Å². The van der Waals surface area contributed by atoms with Crippen molar-refractivity contribution in [3.63, 3.8) is 0 Å². The Hall–Kier alpha value is -3.18. The van der Waals surface area contributed by atoms with Crippen molar-refractivity contribution in [2.24, 2.45) is 17.8 Å². The third-order valence-electron chi connectivity index (χ3n) is 8.81. The number of hydrogen-bond acceptors (Lipinski definition) is 3. The molecular weight excluding hydrogens is 608 g/mol. The van der Waals surface area contributed by atoms with Crippen LogP contribution in [0.5, 0.6) is 5.75 Å². The van der Waals surface area contributed by atoms with E-state index in [4.69, 9.17) is 9.47 Å². The van der Waals surface area contributed by atoms with Crippen LogP contribution in [0.2, 0.25) is 0 Å². The Bertz CT molecular complexity index is 1430. The Morgan fingerprint density at radius 1 is 0.733 bits per heavy atom. The lowest BCUT2D eigenvalue weighted by Crippen LogP contribution is -2.34. The Morgan fingerprint density at radius 2 is 1.36 bits per heavy atom. The molecular formula is C34H34F8O3. The Morgan fingerprint density at radius 3 is 1.93 bits per heavy atom. The van der Waals surface area contributed by atoms with Crippen LogP contribution in [0.15, 0.2) is 42.5 Å². The molecule has 1 aliphatic carbocycles. The van der Waals surface area contributed by atoms with Gasteiger partial charge in [0, 0.05) is 23.1 Å². The Balaban J connectivity index is 1.21. The first-order chi connectivity index (χ1) is 21.5. The third kappa shape index (κ3) is 7.62. The zero-order chi connectivity index (χ0) is 32.3. The number of rotatable bonds is 10. The van der Waals surface area contributed by atoms with Crippen LogP contribution in [-0.4, -0.2) is 13.2 Å². The van der Waals surface area contributed by atoms with E-state index in [1.54, 1.807) is 0 Å². The highest BCUT2D eigenvalue weighted by Gasteiger charge is 2.42. The number of alkyl halides is 2. The molecule has 0 N–H and O–H groups in total. The smallest absolute Gasteiger partial charge is 0.429 e. The summed E-state index contributed by atoms with van der Waals surface area (Å²) in [7, 11) is 0. The summed E-state index contributed by atoms with van der Waals surface area (Å²) in [5.74, 6) is -8.94. The van der Waals surface area contributed by atoms with Crippen LogP contribution in [0.25, 0.3) is 11.1 Å². The van der Waals surface area contributed by atoms with Gasteiger partial charge in [0.05, 0.1) is 13.2 Å². The summed E-state index contributed by atoms with van der Waals surface area (Å²) in [6.07, 6.45) is 3.70. The fourth-order valence-corrected chi connectivity index (χ4v) is 6.32. The highest BCUT2D eigenvalue weighted by Crippen LogP contribution is 2.41. The molecule has 2 aliphatic rings. The van der Waals surface area contributed by atoms with Gasteiger partial charge in [0.15, 0.2) is 23.7 Å². The van der Waals surface area contributed by atoms with Gasteiger partial charge in [-0.1, -0.05) is 45.4 Å². The standard InChI is InChI=1S/C34H34F8O3/c1-2-3-4-5-19-6-8-20(9-7-19)23-17-43-33(44-18-23)22-14-27(36)31(28(37)15-22)34(41,42)45-24-10-11-25(26(35)16-24)21-12-29(38)32(40)30(39)13-21/h10-16,19-20,23,33H,2-9,17-18H2,1H3. The maximum absolute atomic E-state index is 15.0. The number of hydrogen-bond donors (Lipinski definition) is 0. The van der Waals surface area contributed by atoms with Gasteiger partial charge in [-0.3, -0.25) is 0 Å². The lowest BCUT2D eigenvalue weighted by atomic mass is 9.74. The minimum absolute atomic E-state index is 0.114. The van der Waals surface area contributed by atoms with Crippen molar-refractivity contribution in [3.05, 3.63) is 88.5 Å². The fourth-order valence-electron chi connectivity index (χ4n) is 6.32. The molecule has 3 nitrogen and oxygen atoms in total. The van der Waals surface area contributed by atoms with Crippen molar-refractivity contribution < 1.29 is 49.3 Å². The van der Waals surface area contributed by atoms with Crippen LogP contribution >= 0.6 is 0 Å². The molecule has 1 saturated heterocycles. The summed E-state index contributed by atoms with van der Waals surface area (Å²) in [4.78, 5) is 0. The topological polar surface area (TPSA) is 27.7 Å². The molecule has 0 radical (unpaired) electrons. The molecule has 244 valence electrons. The van der Waals surface area contributed by atoms with Gasteiger partial charge in [-0.25, -0.2) is 26.3 Å². The van der Waals surface area contributed by atoms with Crippen LogP contribution < -0.4 is 4.74 Å². The molecule has 2 fully saturated rings. The first-order valence-electron chi connectivity index (χ1n) is 15.2. The van der Waals surface area contributed by atoms with E-state index in [0.717, 1.165) is 43.7 Å². The number of benzene rings is 3. The van der Waals surface area contributed by atoms with E-state index in [0.29, 0.717) is 49.5 Å². The molecule has 1 aliphatic heterocycles. The van der Waals surface area contributed by atoms with Gasteiger partial charge in [0.1, 0.15) is 28.8 Å². The van der Waals surface area contributed by atoms with Crippen molar-refractivity contribution in [3.8, 4) is 16.9 Å². The highest BCUT2D eigenvalue weighted by atomic mass is 19.3. The Labute approximate surface area is 256 Å². The summed E-state index contributed by atoms with van der Waals surface area (Å²) in [5, 5.41) is 0. The van der Waals surface area contributed by atoms with Gasteiger partial charge in [-0.05, 0) is 66.6 Å². The predicted molar refractivity (Wildman–Crippen MR) is 150 cm³/mol. The first-order valence-corrected chi connectivity index (χ1v) is 15.2. The summed E-state index contributed by atoms with van der Waals surface area (Å²) >= 11 is 0. The van der Waals surface area contributed by atoms with Crippen LogP contribution in [0.3, 0.4) is 0 Å². The van der Waals surface area contributed by atoms with Crippen molar-refractivity contribution >= 4 is 0 Å². The number of ether oxygens (including phenoxy) is 3. The minimum atomic E-state index is -4.58. The van der Waals surface area contributed by atoms with Crippen molar-refractivity contribution in [2.45, 2.75) is 70.7 Å². The van der Waals surface area contributed by atoms with Gasteiger partial charge in [-0.15, -0.1) is 0 Å². The molecule has 5 rings (SSSR count). The Kier molecular flexibility index (Phi) is 10.4. The molecule has 0 spiro atoms. The van der Waals surface area contributed by atoms with E-state index in [1.807, 2.05) is 0 Å². The highest BCUT2D eigenvalue weighted by molar-refractivity contribution is 5.65. The third-order valence-corrected chi connectivity index (χ3v) is 8.81. The molecule has 0 bridgehead atoms. The maximum Gasteiger partial charge on any atom is 0.432 e. The number of unbranched alkanes of at least 4 members (excludes halogenated alkanes) is 2. The normalized spacial score (nSPS) is 22.4. The molecule has 3 aromatic rings. The molecule has 1 heterocycles. The largest absolute Gasteiger partial charge is 0.432 e. The van der Waals surface area contributed by atoms with Gasteiger partial charge in [-0.2, -0.15) is 8.78 Å². The van der Waals surface area contributed by atoms with E-state index in [1.165, 1.54) is 25.7 Å². The van der Waals surface area contributed by atoms with E-state index in [2.05, 4.69) is 11.7 Å². The fraction of sp³-hybridized carbons (Fsp3) is 0.471. The van der Waals surface area contributed by atoms with Crippen molar-refractivity contribution in [1.29, 1.82) is 0 Å². The van der Waals surface area contributed by atoms with Gasteiger partial charge >= 0.3 is 6.11 Å². The van der Waals surface area contributed by atoms with Crippen LogP contribution in [0.1, 0.15) is 75.7 Å². The van der Waals surface area contributed by atoms with E-state index >= 15 is 0 Å².